The summed E-state index contributed by atoms with van der Waals surface area (Å²) in [4.78, 5) is 10.6. The van der Waals surface area contributed by atoms with Gasteiger partial charge in [0.25, 0.3) is 0 Å². The first-order chi connectivity index (χ1) is 7.10. The van der Waals surface area contributed by atoms with Gasteiger partial charge in [-0.25, -0.2) is 4.79 Å². The number of carbonyl (C=O) groups is 1. The monoisotopic (exact) mass is 216 g/mol. The number of rotatable bonds is 4. The van der Waals surface area contributed by atoms with Gasteiger partial charge in [0.1, 0.15) is 5.76 Å². The van der Waals surface area contributed by atoms with E-state index < -0.39 is 5.97 Å². The Morgan fingerprint density at radius 3 is 2.60 bits per heavy atom. The Balaban J connectivity index is 2.75. The van der Waals surface area contributed by atoms with Gasteiger partial charge in [-0.3, -0.25) is 0 Å². The van der Waals surface area contributed by atoms with Gasteiger partial charge in [0.05, 0.1) is 19.8 Å². The molecule has 1 aliphatic rings. The maximum Gasteiger partial charge on any atom is 0.331 e. The summed E-state index contributed by atoms with van der Waals surface area (Å²) in [7, 11) is 3.03. The molecule has 1 heterocycles. The number of carboxylic acid groups (broad SMARTS) is 1. The number of methoxy groups -OCH3 is 2. The van der Waals surface area contributed by atoms with E-state index in [1.807, 2.05) is 6.92 Å². The Morgan fingerprint density at radius 1 is 1.53 bits per heavy atom. The fourth-order valence-corrected chi connectivity index (χ4v) is 1.75. The largest absolute Gasteiger partial charge is 0.500 e. The molecule has 15 heavy (non-hydrogen) atoms. The first-order valence-corrected chi connectivity index (χ1v) is 4.73. The Bertz CT molecular complexity index is 261. The first-order valence-electron chi connectivity index (χ1n) is 4.73. The quantitative estimate of drug-likeness (QED) is 0.557. The minimum Gasteiger partial charge on any atom is -0.500 e. The normalized spacial score (nSPS) is 31.7. The number of aliphatic carboxylic acids is 1. The summed E-state index contributed by atoms with van der Waals surface area (Å²) in [6.07, 6.45) is 0.782. The molecule has 0 aliphatic carbocycles. The average molecular weight is 216 g/mol. The van der Waals surface area contributed by atoms with E-state index in [1.54, 1.807) is 7.11 Å². The maximum atomic E-state index is 10.6. The van der Waals surface area contributed by atoms with E-state index in [0.29, 0.717) is 12.4 Å². The fourth-order valence-electron chi connectivity index (χ4n) is 1.75. The van der Waals surface area contributed by atoms with Gasteiger partial charge in [-0.1, -0.05) is 6.92 Å². The molecule has 86 valence electrons. The van der Waals surface area contributed by atoms with E-state index in [4.69, 9.17) is 19.3 Å². The maximum absolute atomic E-state index is 10.6. The zero-order valence-corrected chi connectivity index (χ0v) is 9.10. The number of carboxylic acids is 1. The third-order valence-corrected chi connectivity index (χ3v) is 2.60. The van der Waals surface area contributed by atoms with Crippen molar-refractivity contribution in [3.05, 3.63) is 11.8 Å². The molecule has 1 aliphatic heterocycles. The van der Waals surface area contributed by atoms with Crippen LogP contribution in [0.15, 0.2) is 11.8 Å². The van der Waals surface area contributed by atoms with Crippen molar-refractivity contribution >= 4 is 5.97 Å². The van der Waals surface area contributed by atoms with Crippen LogP contribution in [0, 0.1) is 11.8 Å². The predicted molar refractivity (Wildman–Crippen MR) is 52.1 cm³/mol. The highest BCUT2D eigenvalue weighted by molar-refractivity contribution is 5.80. The van der Waals surface area contributed by atoms with Gasteiger partial charge in [0.15, 0.2) is 6.29 Å². The van der Waals surface area contributed by atoms with Crippen molar-refractivity contribution in [3.63, 3.8) is 0 Å². The molecule has 1 N–H and O–H groups in total. The second kappa shape index (κ2) is 5.14. The van der Waals surface area contributed by atoms with Gasteiger partial charge >= 0.3 is 5.97 Å². The molecule has 1 fully saturated rings. The van der Waals surface area contributed by atoms with Gasteiger partial charge in [0.2, 0.25) is 0 Å². The van der Waals surface area contributed by atoms with Crippen LogP contribution < -0.4 is 0 Å². The van der Waals surface area contributed by atoms with Crippen LogP contribution in [0.3, 0.4) is 0 Å². The Kier molecular flexibility index (Phi) is 4.11. The molecule has 5 heteroatoms. The minimum atomic E-state index is -1.01. The van der Waals surface area contributed by atoms with Crippen LogP contribution >= 0.6 is 0 Å². The van der Waals surface area contributed by atoms with E-state index in [2.05, 4.69) is 0 Å². The summed E-state index contributed by atoms with van der Waals surface area (Å²) in [5.74, 6) is -0.564. The standard InChI is InChI=1S/C10H16O5/c1-6-7(5-15-10(6)14-3)8(13-2)4-9(11)12/h4,6-7,10H,5H2,1-3H3,(H,11,12). The lowest BCUT2D eigenvalue weighted by Gasteiger charge is -2.18. The van der Waals surface area contributed by atoms with Crippen molar-refractivity contribution in [3.8, 4) is 0 Å². The van der Waals surface area contributed by atoms with Gasteiger partial charge in [-0.15, -0.1) is 0 Å². The van der Waals surface area contributed by atoms with E-state index in [1.165, 1.54) is 7.11 Å². The molecule has 3 atom stereocenters. The molecule has 1 rings (SSSR count). The van der Waals surface area contributed by atoms with Crippen LogP contribution in [-0.4, -0.2) is 38.2 Å². The highest BCUT2D eigenvalue weighted by atomic mass is 16.7. The second-order valence-corrected chi connectivity index (χ2v) is 3.49. The Hall–Kier alpha value is -1.07. The van der Waals surface area contributed by atoms with E-state index in [-0.39, 0.29) is 18.1 Å². The summed E-state index contributed by atoms with van der Waals surface area (Å²) in [5, 5.41) is 8.66. The summed E-state index contributed by atoms with van der Waals surface area (Å²) in [5.41, 5.74) is 0. The predicted octanol–water partition coefficient (Wildman–Crippen LogP) is 0.856. The van der Waals surface area contributed by atoms with Crippen LogP contribution in [0.5, 0.6) is 0 Å². The zero-order valence-electron chi connectivity index (χ0n) is 9.10. The lowest BCUT2D eigenvalue weighted by molar-refractivity contribution is -0.131. The van der Waals surface area contributed by atoms with Crippen LogP contribution in [0.4, 0.5) is 0 Å². The molecule has 0 bridgehead atoms. The molecular weight excluding hydrogens is 200 g/mol. The van der Waals surface area contributed by atoms with Crippen molar-refractivity contribution in [2.45, 2.75) is 13.2 Å². The Labute approximate surface area is 88.6 Å². The minimum absolute atomic E-state index is 0.0592. The lowest BCUT2D eigenvalue weighted by atomic mass is 9.94. The van der Waals surface area contributed by atoms with Gasteiger partial charge in [0, 0.05) is 18.9 Å². The second-order valence-electron chi connectivity index (χ2n) is 3.49. The lowest BCUT2D eigenvalue weighted by Crippen LogP contribution is -2.21. The third kappa shape index (κ3) is 2.70. The van der Waals surface area contributed by atoms with Crippen LogP contribution in [0.2, 0.25) is 0 Å². The summed E-state index contributed by atoms with van der Waals surface area (Å²) in [6.45, 7) is 2.37. The van der Waals surface area contributed by atoms with Crippen LogP contribution in [0.25, 0.3) is 0 Å². The van der Waals surface area contributed by atoms with Crippen molar-refractivity contribution in [2.24, 2.45) is 11.8 Å². The molecular formula is C10H16O5. The van der Waals surface area contributed by atoms with E-state index >= 15 is 0 Å². The molecule has 0 amide bonds. The van der Waals surface area contributed by atoms with Gasteiger partial charge in [-0.2, -0.15) is 0 Å². The fraction of sp³-hybridized carbons (Fsp3) is 0.700. The smallest absolute Gasteiger partial charge is 0.331 e. The Morgan fingerprint density at radius 2 is 2.20 bits per heavy atom. The molecule has 0 aromatic carbocycles. The third-order valence-electron chi connectivity index (χ3n) is 2.60. The molecule has 0 aromatic heterocycles. The summed E-state index contributed by atoms with van der Waals surface area (Å²) in [6, 6.07) is 0. The van der Waals surface area contributed by atoms with Crippen LogP contribution in [0.1, 0.15) is 6.92 Å². The number of hydrogen-bond acceptors (Lipinski definition) is 4. The topological polar surface area (TPSA) is 65.0 Å². The highest BCUT2D eigenvalue weighted by Crippen LogP contribution is 2.32. The number of ether oxygens (including phenoxy) is 3. The van der Waals surface area contributed by atoms with Crippen molar-refractivity contribution in [2.75, 3.05) is 20.8 Å². The van der Waals surface area contributed by atoms with Gasteiger partial charge < -0.3 is 19.3 Å². The SMILES string of the molecule is COC(=CC(=O)O)C1COC(OC)C1C. The average Bonchev–Trinajstić information content (AvgIpc) is 2.56. The van der Waals surface area contributed by atoms with Gasteiger partial charge in [-0.05, 0) is 0 Å². The molecule has 3 unspecified atom stereocenters. The van der Waals surface area contributed by atoms with Crippen molar-refractivity contribution < 1.29 is 24.1 Å². The first kappa shape index (κ1) is 12.0. The van der Waals surface area contributed by atoms with Crippen LogP contribution in [-0.2, 0) is 19.0 Å². The summed E-state index contributed by atoms with van der Waals surface area (Å²) >= 11 is 0. The molecule has 1 saturated heterocycles. The zero-order chi connectivity index (χ0) is 11.4. The highest BCUT2D eigenvalue weighted by Gasteiger charge is 2.37. The molecule has 0 saturated carbocycles. The van der Waals surface area contributed by atoms with Crippen molar-refractivity contribution in [1.29, 1.82) is 0 Å². The van der Waals surface area contributed by atoms with E-state index in [9.17, 15) is 4.79 Å². The molecule has 0 aromatic rings. The molecule has 5 nitrogen and oxygen atoms in total. The molecule has 0 spiro atoms. The van der Waals surface area contributed by atoms with Crippen molar-refractivity contribution in [1.82, 2.24) is 0 Å². The molecule has 0 radical (unpaired) electrons. The summed E-state index contributed by atoms with van der Waals surface area (Å²) < 4.78 is 15.5. The number of hydrogen-bond donors (Lipinski definition) is 1. The van der Waals surface area contributed by atoms with E-state index in [0.717, 1.165) is 6.08 Å².